The minimum atomic E-state index is 0.167. The van der Waals surface area contributed by atoms with E-state index in [9.17, 15) is 0 Å². The monoisotopic (exact) mass is 638 g/mol. The number of hydrogen-bond acceptors (Lipinski definition) is 0. The molecule has 42 heavy (non-hydrogen) atoms. The van der Waals surface area contributed by atoms with Gasteiger partial charge in [0.05, 0.1) is 0 Å². The molecule has 0 bridgehead atoms. The Morgan fingerprint density at radius 3 is 1.81 bits per heavy atom. The molecular weight excluding hydrogens is 584 g/mol. The van der Waals surface area contributed by atoms with Crippen molar-refractivity contribution in [3.05, 3.63) is 83.0 Å². The fourth-order valence-corrected chi connectivity index (χ4v) is 8.36. The van der Waals surface area contributed by atoms with Gasteiger partial charge in [0, 0.05) is 0 Å². The summed E-state index contributed by atoms with van der Waals surface area (Å²) in [7, 11) is 0. The van der Waals surface area contributed by atoms with Crippen LogP contribution >= 0.6 is 0 Å². The average Bonchev–Trinajstić information content (AvgIpc) is 3.77. The first-order valence-corrected chi connectivity index (χ1v) is 18.1. The second kappa shape index (κ2) is 14.6. The molecule has 2 atom stereocenters. The Morgan fingerprint density at radius 1 is 0.786 bits per heavy atom. The molecule has 1 heteroatoms. The summed E-state index contributed by atoms with van der Waals surface area (Å²) >= 11 is 1.73. The Bertz CT molecular complexity index is 1150. The Hall–Kier alpha value is -1.33. The number of benzene rings is 2. The molecule has 2 aromatic rings. The predicted octanol–water partition coefficient (Wildman–Crippen LogP) is 11.3. The quantitative estimate of drug-likeness (QED) is 0.249. The third-order valence-electron chi connectivity index (χ3n) is 10.2. The summed E-state index contributed by atoms with van der Waals surface area (Å²) in [6, 6.07) is 15.2. The first-order chi connectivity index (χ1) is 19.9. The molecule has 0 spiro atoms. The zero-order valence-electron chi connectivity index (χ0n) is 28.0. The van der Waals surface area contributed by atoms with Gasteiger partial charge in [-0.25, -0.2) is 12.2 Å². The van der Waals surface area contributed by atoms with E-state index in [2.05, 4.69) is 104 Å². The summed E-state index contributed by atoms with van der Waals surface area (Å²) in [4.78, 5) is 0. The van der Waals surface area contributed by atoms with E-state index in [-0.39, 0.29) is 10.8 Å². The fraction of sp³-hybridized carbons (Fsp3) is 0.585. The molecule has 224 valence electrons. The van der Waals surface area contributed by atoms with Crippen LogP contribution in [0.5, 0.6) is 0 Å². The van der Waals surface area contributed by atoms with Gasteiger partial charge in [0.1, 0.15) is 0 Å². The van der Waals surface area contributed by atoms with Crippen LogP contribution in [0.15, 0.2) is 48.6 Å². The molecule has 0 saturated heterocycles. The molecule has 4 aliphatic rings. The van der Waals surface area contributed by atoms with E-state index in [4.69, 9.17) is 0 Å². The van der Waals surface area contributed by atoms with Crippen molar-refractivity contribution in [3.63, 3.8) is 0 Å². The standard InChI is InChI=1S/C21H25.C15H26.C5H5.Zr/c1-20(2,3)16-7-9-18-14(12-16)11-15-13-17(21(4,5)6)8-10-19(15)18;1-12(14-7-3-4-8-14)11-13(2)15-9-5-6-10-15;1-2-4-5-3-1;/h7-10,12H,11H2,1-6H3;12-15H,3-10H2,1-2H3;1-3H,4H2;/q-1;;-1;+2. The zero-order valence-corrected chi connectivity index (χ0v) is 30.5. The largest absolute Gasteiger partial charge is 0.273 e. The van der Waals surface area contributed by atoms with E-state index in [1.807, 2.05) is 15.4 Å². The summed E-state index contributed by atoms with van der Waals surface area (Å²) in [5.74, 6) is 3.93. The molecule has 0 amide bonds. The predicted molar refractivity (Wildman–Crippen MR) is 180 cm³/mol. The maximum atomic E-state index is 3.67. The van der Waals surface area contributed by atoms with E-state index in [0.717, 1.165) is 36.5 Å². The second-order valence-electron chi connectivity index (χ2n) is 15.4. The van der Waals surface area contributed by atoms with Gasteiger partial charge in [-0.15, -0.1) is 17.5 Å². The third kappa shape index (κ3) is 8.65. The van der Waals surface area contributed by atoms with E-state index in [1.165, 1.54) is 84.7 Å². The van der Waals surface area contributed by atoms with Crippen molar-refractivity contribution in [2.45, 2.75) is 130 Å². The first kappa shape index (κ1) is 33.6. The minimum Gasteiger partial charge on any atom is -0.273 e. The fourth-order valence-electron chi connectivity index (χ4n) is 7.21. The molecule has 2 unspecified atom stereocenters. The van der Waals surface area contributed by atoms with E-state index >= 15 is 0 Å². The summed E-state index contributed by atoms with van der Waals surface area (Å²) in [5.41, 5.74) is 8.70. The Balaban J connectivity index is 0.000000170. The van der Waals surface area contributed by atoms with Gasteiger partial charge in [-0.2, -0.15) is 29.8 Å². The molecule has 0 aliphatic heterocycles. The molecule has 4 aliphatic carbocycles. The minimum absolute atomic E-state index is 0.167. The van der Waals surface area contributed by atoms with E-state index in [0.29, 0.717) is 0 Å². The maximum absolute atomic E-state index is 3.67. The molecule has 6 rings (SSSR count). The van der Waals surface area contributed by atoms with Gasteiger partial charge in [-0.3, -0.25) is 6.08 Å². The zero-order chi connectivity index (χ0) is 30.5. The van der Waals surface area contributed by atoms with Crippen LogP contribution in [0, 0.1) is 35.8 Å². The van der Waals surface area contributed by atoms with Crippen LogP contribution < -0.4 is 0 Å². The van der Waals surface area contributed by atoms with Gasteiger partial charge in [0.2, 0.25) is 0 Å². The summed E-state index contributed by atoms with van der Waals surface area (Å²) in [6.45, 7) is 18.6. The third-order valence-corrected chi connectivity index (χ3v) is 12.5. The molecular formula is C41H56Zr. The van der Waals surface area contributed by atoms with Crippen LogP contribution in [0.1, 0.15) is 135 Å². The SMILES string of the molecule is CC(C)(C)c1[c-]c2c(cc1)-c1ccc(C(C)(C)C)cc1C2.CC([C](=[Zr+2])C(C)C1CCCC1)C1CCCC1.[C-]1=CC=CC1. The van der Waals surface area contributed by atoms with Gasteiger partial charge >= 0.3 is 116 Å². The van der Waals surface area contributed by atoms with Crippen LogP contribution in [0.2, 0.25) is 0 Å². The Labute approximate surface area is 274 Å². The van der Waals surface area contributed by atoms with Gasteiger partial charge in [0.25, 0.3) is 0 Å². The van der Waals surface area contributed by atoms with Crippen molar-refractivity contribution < 1.29 is 24.2 Å². The molecule has 2 saturated carbocycles. The van der Waals surface area contributed by atoms with Crippen LogP contribution in [0.4, 0.5) is 0 Å². The normalized spacial score (nSPS) is 19.5. The molecule has 0 aromatic heterocycles. The molecule has 0 nitrogen and oxygen atoms in total. The van der Waals surface area contributed by atoms with Crippen molar-refractivity contribution >= 4 is 3.21 Å². The topological polar surface area (TPSA) is 0 Å². The second-order valence-corrected chi connectivity index (χ2v) is 16.9. The number of rotatable bonds is 4. The van der Waals surface area contributed by atoms with E-state index < -0.39 is 0 Å². The van der Waals surface area contributed by atoms with Crippen molar-refractivity contribution in [2.75, 3.05) is 0 Å². The van der Waals surface area contributed by atoms with Gasteiger partial charge < -0.3 is 0 Å². The van der Waals surface area contributed by atoms with Crippen molar-refractivity contribution in [3.8, 4) is 11.1 Å². The van der Waals surface area contributed by atoms with Crippen LogP contribution in [0.3, 0.4) is 0 Å². The molecule has 2 fully saturated rings. The molecule has 0 radical (unpaired) electrons. The Morgan fingerprint density at radius 2 is 1.36 bits per heavy atom. The first-order valence-electron chi connectivity index (χ1n) is 16.9. The van der Waals surface area contributed by atoms with Crippen molar-refractivity contribution in [1.29, 1.82) is 0 Å². The van der Waals surface area contributed by atoms with E-state index in [1.54, 1.807) is 24.2 Å². The van der Waals surface area contributed by atoms with Crippen LogP contribution in [-0.4, -0.2) is 3.21 Å². The average molecular weight is 640 g/mol. The maximum Gasteiger partial charge on any atom is -0.109 e. The summed E-state index contributed by atoms with van der Waals surface area (Å²) in [5, 5.41) is 0. The summed E-state index contributed by atoms with van der Waals surface area (Å²) < 4.78 is 1.91. The van der Waals surface area contributed by atoms with Crippen molar-refractivity contribution in [1.82, 2.24) is 0 Å². The van der Waals surface area contributed by atoms with Crippen LogP contribution in [-0.2, 0) is 41.5 Å². The Kier molecular flexibility index (Phi) is 11.7. The molecule has 0 heterocycles. The molecule has 0 N–H and O–H groups in total. The number of fused-ring (bicyclic) bond motifs is 3. The van der Waals surface area contributed by atoms with Gasteiger partial charge in [-0.05, 0) is 28.4 Å². The summed E-state index contributed by atoms with van der Waals surface area (Å²) in [6.07, 6.45) is 23.1. The van der Waals surface area contributed by atoms with Crippen molar-refractivity contribution in [2.24, 2.45) is 23.7 Å². The van der Waals surface area contributed by atoms with Crippen LogP contribution in [0.25, 0.3) is 11.1 Å². The smallest absolute Gasteiger partial charge is 0.109 e. The number of allylic oxidation sites excluding steroid dienone is 4. The number of hydrogen-bond donors (Lipinski definition) is 0. The molecule has 2 aromatic carbocycles. The van der Waals surface area contributed by atoms with Gasteiger partial charge in [0.15, 0.2) is 0 Å². The van der Waals surface area contributed by atoms with Gasteiger partial charge in [-0.1, -0.05) is 65.3 Å².